The second-order valence-corrected chi connectivity index (χ2v) is 3.99. The molecule has 0 atom stereocenters. The van der Waals surface area contributed by atoms with E-state index in [-0.39, 0.29) is 12.5 Å². The molecule has 1 aromatic rings. The number of nitrogens with one attached hydrogen (secondary N) is 2. The Labute approximate surface area is 103 Å². The summed E-state index contributed by atoms with van der Waals surface area (Å²) in [6, 6.07) is 3.55. The van der Waals surface area contributed by atoms with Crippen molar-refractivity contribution in [1.82, 2.24) is 10.6 Å². The van der Waals surface area contributed by atoms with Crippen molar-refractivity contribution < 1.29 is 14.3 Å². The number of hydrogen-bond donors (Lipinski definition) is 2. The van der Waals surface area contributed by atoms with Crippen molar-refractivity contribution in [1.29, 1.82) is 0 Å². The number of carbonyl (C=O) groups excluding carboxylic acids is 2. The molecule has 0 spiro atoms. The third kappa shape index (κ3) is 5.17. The molecule has 92 valence electrons. The van der Waals surface area contributed by atoms with E-state index >= 15 is 0 Å². The number of rotatable bonds is 6. The van der Waals surface area contributed by atoms with Crippen LogP contribution in [-0.2, 0) is 4.74 Å². The number of ether oxygens (including phenoxy) is 1. The van der Waals surface area contributed by atoms with Crippen LogP contribution < -0.4 is 10.6 Å². The van der Waals surface area contributed by atoms with Gasteiger partial charge < -0.3 is 15.4 Å². The fourth-order valence-corrected chi connectivity index (χ4v) is 1.66. The van der Waals surface area contributed by atoms with Gasteiger partial charge in [-0.3, -0.25) is 4.79 Å². The average molecular weight is 254 g/mol. The van der Waals surface area contributed by atoms with Gasteiger partial charge in [-0.25, -0.2) is 4.79 Å². The Morgan fingerprint density at radius 1 is 1.41 bits per heavy atom. The van der Waals surface area contributed by atoms with Crippen molar-refractivity contribution >= 4 is 23.3 Å². The largest absolute Gasteiger partial charge is 0.445 e. The van der Waals surface area contributed by atoms with E-state index in [0.29, 0.717) is 18.0 Å². The van der Waals surface area contributed by atoms with Crippen molar-refractivity contribution in [2.24, 2.45) is 0 Å². The molecular weight excluding hydrogens is 240 g/mol. The lowest BCUT2D eigenvalue weighted by atomic mass is 10.4. The summed E-state index contributed by atoms with van der Waals surface area (Å²) in [5, 5.41) is 7.01. The van der Waals surface area contributed by atoms with Gasteiger partial charge >= 0.3 is 6.09 Å². The van der Waals surface area contributed by atoms with Crippen LogP contribution in [0.15, 0.2) is 30.2 Å². The van der Waals surface area contributed by atoms with E-state index < -0.39 is 6.09 Å². The summed E-state index contributed by atoms with van der Waals surface area (Å²) in [5.74, 6) is -0.138. The quantitative estimate of drug-likeness (QED) is 0.595. The molecule has 0 aliphatic rings. The Balaban J connectivity index is 2.10. The Morgan fingerprint density at radius 3 is 2.82 bits per heavy atom. The molecule has 0 fully saturated rings. The van der Waals surface area contributed by atoms with E-state index in [4.69, 9.17) is 4.74 Å². The van der Waals surface area contributed by atoms with E-state index in [1.54, 1.807) is 6.07 Å². The molecule has 0 radical (unpaired) electrons. The van der Waals surface area contributed by atoms with Crippen molar-refractivity contribution in [3.63, 3.8) is 0 Å². The maximum absolute atomic E-state index is 11.5. The molecule has 1 aromatic heterocycles. The predicted octanol–water partition coefficient (Wildman–Crippen LogP) is 1.39. The van der Waals surface area contributed by atoms with Crippen molar-refractivity contribution in [3.8, 4) is 0 Å². The van der Waals surface area contributed by atoms with Gasteiger partial charge in [0.25, 0.3) is 5.91 Å². The van der Waals surface area contributed by atoms with Gasteiger partial charge in [0, 0.05) is 13.1 Å². The number of amides is 2. The number of carbonyl (C=O) groups is 2. The molecule has 0 aromatic carbocycles. The highest BCUT2D eigenvalue weighted by molar-refractivity contribution is 7.12. The zero-order valence-electron chi connectivity index (χ0n) is 9.27. The van der Waals surface area contributed by atoms with Crippen LogP contribution in [0.4, 0.5) is 4.79 Å². The van der Waals surface area contributed by atoms with Crippen LogP contribution in [0.25, 0.3) is 0 Å². The summed E-state index contributed by atoms with van der Waals surface area (Å²) in [5.41, 5.74) is 0. The smallest absolute Gasteiger partial charge is 0.407 e. The van der Waals surface area contributed by atoms with E-state index in [2.05, 4.69) is 17.2 Å². The van der Waals surface area contributed by atoms with Gasteiger partial charge in [0.15, 0.2) is 0 Å². The highest BCUT2D eigenvalue weighted by atomic mass is 32.1. The third-order valence-electron chi connectivity index (χ3n) is 1.76. The maximum atomic E-state index is 11.5. The third-order valence-corrected chi connectivity index (χ3v) is 2.63. The fourth-order valence-electron chi connectivity index (χ4n) is 1.02. The SMILES string of the molecule is C=CCOC(=O)NCCNC(=O)c1cccs1. The van der Waals surface area contributed by atoms with Crippen LogP contribution in [0.1, 0.15) is 9.67 Å². The van der Waals surface area contributed by atoms with Gasteiger partial charge in [0.05, 0.1) is 4.88 Å². The topological polar surface area (TPSA) is 67.4 Å². The van der Waals surface area contributed by atoms with E-state index in [1.165, 1.54) is 17.4 Å². The lowest BCUT2D eigenvalue weighted by molar-refractivity contribution is 0.0956. The first-order valence-corrected chi connectivity index (χ1v) is 5.95. The Kier molecular flexibility index (Phi) is 5.81. The highest BCUT2D eigenvalue weighted by Crippen LogP contribution is 2.07. The van der Waals surface area contributed by atoms with Crippen LogP contribution >= 0.6 is 11.3 Å². The van der Waals surface area contributed by atoms with Crippen LogP contribution in [0.5, 0.6) is 0 Å². The molecule has 5 nitrogen and oxygen atoms in total. The number of thiophene rings is 1. The zero-order chi connectivity index (χ0) is 12.5. The summed E-state index contributed by atoms with van der Waals surface area (Å²) in [7, 11) is 0. The van der Waals surface area contributed by atoms with Crippen LogP contribution in [0.2, 0.25) is 0 Å². The molecule has 0 unspecified atom stereocenters. The van der Waals surface area contributed by atoms with Gasteiger partial charge in [-0.1, -0.05) is 18.7 Å². The first-order chi connectivity index (χ1) is 8.24. The van der Waals surface area contributed by atoms with Gasteiger partial charge in [-0.05, 0) is 11.4 Å². The molecule has 1 rings (SSSR count). The Bertz CT molecular complexity index is 376. The van der Waals surface area contributed by atoms with E-state index in [1.807, 2.05) is 11.4 Å². The fraction of sp³-hybridized carbons (Fsp3) is 0.273. The first-order valence-electron chi connectivity index (χ1n) is 5.07. The van der Waals surface area contributed by atoms with Crippen LogP contribution in [0.3, 0.4) is 0 Å². The number of alkyl carbamates (subject to hydrolysis) is 1. The normalized spacial score (nSPS) is 9.41. The minimum Gasteiger partial charge on any atom is -0.445 e. The minimum atomic E-state index is -0.518. The van der Waals surface area contributed by atoms with Crippen molar-refractivity contribution in [3.05, 3.63) is 35.0 Å². The van der Waals surface area contributed by atoms with Gasteiger partial charge in [0.1, 0.15) is 6.61 Å². The summed E-state index contributed by atoms with van der Waals surface area (Å²) in [4.78, 5) is 23.1. The first kappa shape index (κ1) is 13.2. The molecule has 2 amide bonds. The Morgan fingerprint density at radius 2 is 2.18 bits per heavy atom. The zero-order valence-corrected chi connectivity index (χ0v) is 10.1. The number of hydrogen-bond acceptors (Lipinski definition) is 4. The van der Waals surface area contributed by atoms with E-state index in [0.717, 1.165) is 0 Å². The van der Waals surface area contributed by atoms with Crippen LogP contribution in [0, 0.1) is 0 Å². The summed E-state index contributed by atoms with van der Waals surface area (Å²) in [6.45, 7) is 4.28. The second kappa shape index (κ2) is 7.45. The molecule has 0 saturated heterocycles. The molecule has 0 saturated carbocycles. The van der Waals surface area contributed by atoms with Gasteiger partial charge in [0.2, 0.25) is 0 Å². The lowest BCUT2D eigenvalue weighted by Crippen LogP contribution is -2.34. The van der Waals surface area contributed by atoms with Gasteiger partial charge in [-0.2, -0.15) is 0 Å². The lowest BCUT2D eigenvalue weighted by Gasteiger charge is -2.06. The van der Waals surface area contributed by atoms with Crippen molar-refractivity contribution in [2.75, 3.05) is 19.7 Å². The monoisotopic (exact) mass is 254 g/mol. The molecule has 0 bridgehead atoms. The minimum absolute atomic E-state index is 0.138. The Hall–Kier alpha value is -1.82. The molecule has 1 heterocycles. The van der Waals surface area contributed by atoms with Gasteiger partial charge in [-0.15, -0.1) is 11.3 Å². The highest BCUT2D eigenvalue weighted by Gasteiger charge is 2.05. The van der Waals surface area contributed by atoms with Crippen LogP contribution in [-0.4, -0.2) is 31.7 Å². The molecule has 0 aliphatic heterocycles. The average Bonchev–Trinajstić information content (AvgIpc) is 2.85. The molecule has 2 N–H and O–H groups in total. The summed E-state index contributed by atoms with van der Waals surface area (Å²) >= 11 is 1.37. The molecule has 6 heteroatoms. The molecule has 17 heavy (non-hydrogen) atoms. The molecular formula is C11H14N2O3S. The summed E-state index contributed by atoms with van der Waals surface area (Å²) < 4.78 is 4.69. The second-order valence-electron chi connectivity index (χ2n) is 3.05. The predicted molar refractivity (Wildman–Crippen MR) is 66.2 cm³/mol. The maximum Gasteiger partial charge on any atom is 0.407 e. The van der Waals surface area contributed by atoms with Crippen molar-refractivity contribution in [2.45, 2.75) is 0 Å². The van der Waals surface area contributed by atoms with E-state index in [9.17, 15) is 9.59 Å². The standard InChI is InChI=1S/C11H14N2O3S/c1-2-7-16-11(15)13-6-5-12-10(14)9-4-3-8-17-9/h2-4,8H,1,5-7H2,(H,12,14)(H,13,15). The summed E-state index contributed by atoms with van der Waals surface area (Å²) in [6.07, 6.45) is 0.966. The molecule has 0 aliphatic carbocycles.